The number of hydrogen-bond donors (Lipinski definition) is 0. The van der Waals surface area contributed by atoms with Crippen molar-refractivity contribution in [2.24, 2.45) is 0 Å². The number of nitrogens with zero attached hydrogens (tertiary/aromatic N) is 1. The van der Waals surface area contributed by atoms with Crippen molar-refractivity contribution in [2.45, 2.75) is 12.5 Å². The van der Waals surface area contributed by atoms with Gasteiger partial charge in [-0.15, -0.1) is 0 Å². The Labute approximate surface area is 146 Å². The van der Waals surface area contributed by atoms with E-state index in [1.165, 1.54) is 20.3 Å². The summed E-state index contributed by atoms with van der Waals surface area (Å²) in [5, 5.41) is 0. The highest BCUT2D eigenvalue weighted by Gasteiger charge is 2.45. The Balaban J connectivity index is 2.12. The molecule has 0 N–H and O–H groups in total. The number of aromatic nitrogens is 1. The van der Waals surface area contributed by atoms with Crippen LogP contribution in [0.5, 0.6) is 0 Å². The predicted molar refractivity (Wildman–Crippen MR) is 92.8 cm³/mol. The van der Waals surface area contributed by atoms with Crippen molar-refractivity contribution in [3.8, 4) is 11.3 Å². The van der Waals surface area contributed by atoms with Gasteiger partial charge in [-0.2, -0.15) is 0 Å². The number of carbonyl (C=O) groups excluding carboxylic acids is 1. The molecule has 3 aromatic rings. The molecule has 0 aliphatic heterocycles. The molecule has 1 aromatic heterocycles. The van der Waals surface area contributed by atoms with Crippen molar-refractivity contribution >= 4 is 5.78 Å². The van der Waals surface area contributed by atoms with Crippen molar-refractivity contribution in [3.05, 3.63) is 78.4 Å². The monoisotopic (exact) mass is 337 g/mol. The van der Waals surface area contributed by atoms with Crippen LogP contribution in [0.25, 0.3) is 11.3 Å². The number of Topliss-reactive ketones (excluding diaryl/α,β-unsaturated/α-hetero) is 1. The van der Waals surface area contributed by atoms with E-state index in [-0.39, 0.29) is 18.5 Å². The standard InChI is InChI=1S/C20H19NO4/c1-15(22)20(25-14-23-2,17-11-7-4-8-12-17)19-21-18(13-24-19)16-9-5-3-6-10-16/h3-13H,14H2,1-2H3. The van der Waals surface area contributed by atoms with Gasteiger partial charge in [-0.25, -0.2) is 4.98 Å². The summed E-state index contributed by atoms with van der Waals surface area (Å²) in [7, 11) is 1.50. The largest absolute Gasteiger partial charge is 0.445 e. The zero-order valence-electron chi connectivity index (χ0n) is 14.1. The van der Waals surface area contributed by atoms with Crippen LogP contribution in [0, 0.1) is 0 Å². The lowest BCUT2D eigenvalue weighted by Crippen LogP contribution is -2.39. The van der Waals surface area contributed by atoms with Crippen LogP contribution in [-0.2, 0) is 19.9 Å². The van der Waals surface area contributed by atoms with E-state index in [0.717, 1.165) is 5.56 Å². The second kappa shape index (κ2) is 7.42. The van der Waals surface area contributed by atoms with Crippen molar-refractivity contribution in [1.82, 2.24) is 4.98 Å². The summed E-state index contributed by atoms with van der Waals surface area (Å²) in [6.07, 6.45) is 1.53. The molecule has 0 amide bonds. The Bertz CT molecular complexity index is 829. The predicted octanol–water partition coefficient (Wildman–Crippen LogP) is 3.79. The third-order valence-corrected chi connectivity index (χ3v) is 3.94. The molecule has 0 bridgehead atoms. The summed E-state index contributed by atoms with van der Waals surface area (Å²) in [6.45, 7) is 1.38. The molecule has 5 nitrogen and oxygen atoms in total. The quantitative estimate of drug-likeness (QED) is 0.614. The summed E-state index contributed by atoms with van der Waals surface area (Å²) in [4.78, 5) is 17.2. The highest BCUT2D eigenvalue weighted by molar-refractivity contribution is 5.89. The van der Waals surface area contributed by atoms with Crippen LogP contribution in [0.2, 0.25) is 0 Å². The van der Waals surface area contributed by atoms with Gasteiger partial charge < -0.3 is 13.9 Å². The summed E-state index contributed by atoms with van der Waals surface area (Å²) in [5.41, 5.74) is 0.721. The number of ketones is 1. The van der Waals surface area contributed by atoms with E-state index >= 15 is 0 Å². The fourth-order valence-electron chi connectivity index (χ4n) is 2.72. The first-order chi connectivity index (χ1) is 12.2. The maximum Gasteiger partial charge on any atom is 0.239 e. The molecular formula is C20H19NO4. The van der Waals surface area contributed by atoms with E-state index < -0.39 is 5.60 Å². The molecule has 5 heteroatoms. The van der Waals surface area contributed by atoms with E-state index in [0.29, 0.717) is 11.3 Å². The van der Waals surface area contributed by atoms with Gasteiger partial charge in [-0.1, -0.05) is 60.7 Å². The highest BCUT2D eigenvalue weighted by atomic mass is 16.7. The first-order valence-corrected chi connectivity index (χ1v) is 7.89. The lowest BCUT2D eigenvalue weighted by Gasteiger charge is -2.28. The summed E-state index contributed by atoms with van der Waals surface area (Å²) < 4.78 is 16.6. The van der Waals surface area contributed by atoms with Crippen LogP contribution in [0.4, 0.5) is 0 Å². The number of hydrogen-bond acceptors (Lipinski definition) is 5. The molecule has 1 atom stereocenters. The number of ether oxygens (including phenoxy) is 2. The molecule has 0 fully saturated rings. The van der Waals surface area contributed by atoms with Crippen LogP contribution in [-0.4, -0.2) is 24.7 Å². The van der Waals surface area contributed by atoms with Crippen LogP contribution in [0.1, 0.15) is 18.4 Å². The van der Waals surface area contributed by atoms with Crippen molar-refractivity contribution in [1.29, 1.82) is 0 Å². The molecule has 1 unspecified atom stereocenters. The molecule has 0 saturated carbocycles. The van der Waals surface area contributed by atoms with Crippen molar-refractivity contribution in [2.75, 3.05) is 13.9 Å². The third kappa shape index (κ3) is 3.24. The molecule has 2 aromatic carbocycles. The normalized spacial score (nSPS) is 13.4. The van der Waals surface area contributed by atoms with Crippen molar-refractivity contribution < 1.29 is 18.7 Å². The number of oxazole rings is 1. The Kier molecular flexibility index (Phi) is 5.07. The molecule has 0 radical (unpaired) electrons. The third-order valence-electron chi connectivity index (χ3n) is 3.94. The van der Waals surface area contributed by atoms with Gasteiger partial charge in [0.25, 0.3) is 0 Å². The van der Waals surface area contributed by atoms with Gasteiger partial charge in [0.2, 0.25) is 11.5 Å². The Morgan fingerprint density at radius 2 is 1.72 bits per heavy atom. The van der Waals surface area contributed by atoms with Gasteiger partial charge in [0.15, 0.2) is 5.78 Å². The van der Waals surface area contributed by atoms with E-state index in [1.54, 1.807) is 0 Å². The summed E-state index contributed by atoms with van der Waals surface area (Å²) in [5.74, 6) is -0.0562. The maximum atomic E-state index is 12.6. The smallest absolute Gasteiger partial charge is 0.239 e. The second-order valence-electron chi connectivity index (χ2n) is 5.56. The first-order valence-electron chi connectivity index (χ1n) is 7.89. The van der Waals surface area contributed by atoms with E-state index in [9.17, 15) is 4.79 Å². The van der Waals surface area contributed by atoms with Gasteiger partial charge in [0.05, 0.1) is 0 Å². The van der Waals surface area contributed by atoms with Gasteiger partial charge in [-0.05, 0) is 6.92 Å². The Morgan fingerprint density at radius 3 is 2.32 bits per heavy atom. The molecule has 0 aliphatic rings. The lowest BCUT2D eigenvalue weighted by molar-refractivity contribution is -0.158. The number of rotatable bonds is 7. The first kappa shape index (κ1) is 17.1. The molecule has 128 valence electrons. The summed E-state index contributed by atoms with van der Waals surface area (Å²) >= 11 is 0. The molecule has 3 rings (SSSR count). The average molecular weight is 337 g/mol. The fraction of sp³-hybridized carbons (Fsp3) is 0.200. The zero-order chi connectivity index (χ0) is 17.7. The van der Waals surface area contributed by atoms with E-state index in [2.05, 4.69) is 4.98 Å². The average Bonchev–Trinajstić information content (AvgIpc) is 3.14. The van der Waals surface area contributed by atoms with Crippen LogP contribution >= 0.6 is 0 Å². The minimum Gasteiger partial charge on any atom is -0.445 e. The molecule has 0 aliphatic carbocycles. The van der Waals surface area contributed by atoms with Crippen LogP contribution in [0.15, 0.2) is 71.3 Å². The highest BCUT2D eigenvalue weighted by Crippen LogP contribution is 2.35. The lowest BCUT2D eigenvalue weighted by atomic mass is 9.89. The van der Waals surface area contributed by atoms with E-state index in [1.807, 2.05) is 60.7 Å². The Hall–Kier alpha value is -2.76. The SMILES string of the molecule is COCOC(C(C)=O)(c1ccccc1)c1nc(-c2ccccc2)co1. The number of methoxy groups -OCH3 is 1. The maximum absolute atomic E-state index is 12.6. The van der Waals surface area contributed by atoms with Gasteiger partial charge in [0, 0.05) is 18.2 Å². The van der Waals surface area contributed by atoms with Crippen LogP contribution < -0.4 is 0 Å². The van der Waals surface area contributed by atoms with Gasteiger partial charge >= 0.3 is 0 Å². The molecule has 1 heterocycles. The van der Waals surface area contributed by atoms with E-state index in [4.69, 9.17) is 13.9 Å². The molecule has 0 saturated heterocycles. The molecule has 0 spiro atoms. The minimum atomic E-state index is -1.45. The van der Waals surface area contributed by atoms with Crippen molar-refractivity contribution in [3.63, 3.8) is 0 Å². The zero-order valence-corrected chi connectivity index (χ0v) is 14.1. The Morgan fingerprint density at radius 1 is 1.08 bits per heavy atom. The van der Waals surface area contributed by atoms with Gasteiger partial charge in [0.1, 0.15) is 18.8 Å². The molecular weight excluding hydrogens is 318 g/mol. The fourth-order valence-corrected chi connectivity index (χ4v) is 2.72. The van der Waals surface area contributed by atoms with Gasteiger partial charge in [-0.3, -0.25) is 4.79 Å². The minimum absolute atomic E-state index is 0.0719. The summed E-state index contributed by atoms with van der Waals surface area (Å²) in [6, 6.07) is 18.8. The molecule has 25 heavy (non-hydrogen) atoms. The second-order valence-corrected chi connectivity index (χ2v) is 5.56. The topological polar surface area (TPSA) is 61.6 Å². The van der Waals surface area contributed by atoms with Crippen LogP contribution in [0.3, 0.4) is 0 Å². The number of carbonyl (C=O) groups is 1. The number of benzene rings is 2.